The molecule has 122 valence electrons. The number of amides is 1. The minimum atomic E-state index is -0.546. The Morgan fingerprint density at radius 2 is 1.88 bits per heavy atom. The number of benzene rings is 2. The molecule has 2 aromatic rings. The van der Waals surface area contributed by atoms with E-state index in [1.807, 2.05) is 13.0 Å². The molecular weight excluding hydrogens is 306 g/mol. The van der Waals surface area contributed by atoms with E-state index in [1.54, 1.807) is 42.5 Å². The monoisotopic (exact) mass is 323 g/mol. The first-order valence-electron chi connectivity index (χ1n) is 7.83. The van der Waals surface area contributed by atoms with Crippen LogP contribution < -0.4 is 4.90 Å². The summed E-state index contributed by atoms with van der Waals surface area (Å²) in [6.07, 6.45) is 0.757. The number of ketones is 1. The van der Waals surface area contributed by atoms with E-state index >= 15 is 0 Å². The smallest absolute Gasteiger partial charge is 0.338 e. The number of hydrogen-bond acceptors (Lipinski definition) is 4. The van der Waals surface area contributed by atoms with Crippen LogP contribution in [0.25, 0.3) is 0 Å². The van der Waals surface area contributed by atoms with Gasteiger partial charge < -0.3 is 9.64 Å². The number of esters is 1. The Balaban J connectivity index is 1.83. The molecule has 0 saturated heterocycles. The number of hydrogen-bond donors (Lipinski definition) is 0. The Bertz CT molecular complexity index is 813. The molecule has 3 rings (SSSR count). The Morgan fingerprint density at radius 1 is 1.08 bits per heavy atom. The molecule has 0 fully saturated rings. The fourth-order valence-electron chi connectivity index (χ4n) is 2.66. The van der Waals surface area contributed by atoms with Gasteiger partial charge in [-0.05, 0) is 36.2 Å². The summed E-state index contributed by atoms with van der Waals surface area (Å²) in [5.74, 6) is -1.43. The van der Waals surface area contributed by atoms with Gasteiger partial charge in [-0.15, -0.1) is 0 Å². The van der Waals surface area contributed by atoms with Crippen molar-refractivity contribution < 1.29 is 19.1 Å². The molecule has 1 amide bonds. The molecule has 0 aromatic heterocycles. The van der Waals surface area contributed by atoms with Crippen molar-refractivity contribution in [1.29, 1.82) is 0 Å². The molecule has 1 aliphatic heterocycles. The number of Topliss-reactive ketones (excluding diaryl/α,β-unsaturated/α-hetero) is 1. The van der Waals surface area contributed by atoms with Gasteiger partial charge in [-0.1, -0.05) is 31.2 Å². The van der Waals surface area contributed by atoms with Gasteiger partial charge in [0.15, 0.2) is 0 Å². The highest BCUT2D eigenvalue weighted by Crippen LogP contribution is 2.30. The molecule has 1 aliphatic rings. The van der Waals surface area contributed by atoms with Crippen LogP contribution in [-0.2, 0) is 16.1 Å². The molecule has 5 heteroatoms. The van der Waals surface area contributed by atoms with Gasteiger partial charge in [-0.2, -0.15) is 0 Å². The lowest BCUT2D eigenvalue weighted by Gasteiger charge is -2.17. The molecule has 1 heterocycles. The first-order chi connectivity index (χ1) is 11.6. The Labute approximate surface area is 139 Å². The van der Waals surface area contributed by atoms with E-state index in [4.69, 9.17) is 4.74 Å². The third-order valence-corrected chi connectivity index (χ3v) is 3.82. The fraction of sp³-hybridized carbons (Fsp3) is 0.211. The van der Waals surface area contributed by atoms with Gasteiger partial charge in [-0.25, -0.2) is 4.79 Å². The fourth-order valence-corrected chi connectivity index (χ4v) is 2.66. The predicted octanol–water partition coefficient (Wildman–Crippen LogP) is 2.98. The van der Waals surface area contributed by atoms with E-state index in [2.05, 4.69) is 0 Å². The summed E-state index contributed by atoms with van der Waals surface area (Å²) in [7, 11) is 0. The summed E-state index contributed by atoms with van der Waals surface area (Å²) in [5.41, 5.74) is 2.22. The van der Waals surface area contributed by atoms with Gasteiger partial charge in [0.05, 0.1) is 30.0 Å². The molecule has 0 aliphatic carbocycles. The van der Waals surface area contributed by atoms with Crippen LogP contribution in [0, 0.1) is 0 Å². The standard InChI is InChI=1S/C19H17NO4/c1-2-10-24-19(23)14-7-5-6-13(11-14)12-20-16-9-4-3-8-15(16)17(21)18(20)22/h3-9,11H,2,10,12H2,1H3. The van der Waals surface area contributed by atoms with Gasteiger partial charge in [0, 0.05) is 0 Å². The molecule has 0 radical (unpaired) electrons. The van der Waals surface area contributed by atoms with Gasteiger partial charge in [0.1, 0.15) is 0 Å². The van der Waals surface area contributed by atoms with Crippen LogP contribution in [-0.4, -0.2) is 24.3 Å². The van der Waals surface area contributed by atoms with Gasteiger partial charge in [0.25, 0.3) is 11.7 Å². The van der Waals surface area contributed by atoms with Crippen molar-refractivity contribution in [2.45, 2.75) is 19.9 Å². The van der Waals surface area contributed by atoms with E-state index in [9.17, 15) is 14.4 Å². The lowest BCUT2D eigenvalue weighted by atomic mass is 10.1. The number of rotatable bonds is 5. The van der Waals surface area contributed by atoms with Crippen molar-refractivity contribution in [3.8, 4) is 0 Å². The number of para-hydroxylation sites is 1. The highest BCUT2D eigenvalue weighted by Gasteiger charge is 2.35. The SMILES string of the molecule is CCCOC(=O)c1cccc(CN2C(=O)C(=O)c3ccccc32)c1. The second-order valence-corrected chi connectivity index (χ2v) is 5.57. The first kappa shape index (κ1) is 15.9. The quantitative estimate of drug-likeness (QED) is 0.627. The van der Waals surface area contributed by atoms with Crippen molar-refractivity contribution in [2.24, 2.45) is 0 Å². The molecular formula is C19H17NO4. The van der Waals surface area contributed by atoms with Gasteiger partial charge in [0.2, 0.25) is 0 Å². The Morgan fingerprint density at radius 3 is 2.67 bits per heavy atom. The van der Waals surface area contributed by atoms with E-state index in [0.717, 1.165) is 12.0 Å². The summed E-state index contributed by atoms with van der Waals surface area (Å²) in [6, 6.07) is 13.8. The summed E-state index contributed by atoms with van der Waals surface area (Å²) in [6.45, 7) is 2.53. The topological polar surface area (TPSA) is 63.7 Å². The molecule has 24 heavy (non-hydrogen) atoms. The highest BCUT2D eigenvalue weighted by atomic mass is 16.5. The van der Waals surface area contributed by atoms with Crippen LogP contribution in [0.1, 0.15) is 39.6 Å². The first-order valence-corrected chi connectivity index (χ1v) is 7.83. The largest absolute Gasteiger partial charge is 0.462 e. The number of anilines is 1. The summed E-state index contributed by atoms with van der Waals surface area (Å²) in [4.78, 5) is 37.6. The van der Waals surface area contributed by atoms with Crippen molar-refractivity contribution in [1.82, 2.24) is 0 Å². The molecule has 2 aromatic carbocycles. The number of nitrogens with zero attached hydrogens (tertiary/aromatic N) is 1. The maximum absolute atomic E-state index is 12.2. The zero-order valence-corrected chi connectivity index (χ0v) is 13.3. The van der Waals surface area contributed by atoms with Gasteiger partial charge in [-0.3, -0.25) is 9.59 Å². The molecule has 0 saturated carbocycles. The lowest BCUT2D eigenvalue weighted by molar-refractivity contribution is -0.114. The third kappa shape index (κ3) is 2.93. The normalized spacial score (nSPS) is 13.1. The van der Waals surface area contributed by atoms with Crippen molar-refractivity contribution >= 4 is 23.3 Å². The van der Waals surface area contributed by atoms with Crippen LogP contribution in [0.4, 0.5) is 5.69 Å². The number of carbonyl (C=O) groups is 3. The lowest BCUT2D eigenvalue weighted by Crippen LogP contribution is -2.29. The van der Waals surface area contributed by atoms with E-state index in [0.29, 0.717) is 23.4 Å². The van der Waals surface area contributed by atoms with E-state index < -0.39 is 11.7 Å². The number of ether oxygens (including phenoxy) is 1. The maximum Gasteiger partial charge on any atom is 0.338 e. The van der Waals surface area contributed by atoms with Crippen LogP contribution in [0.15, 0.2) is 48.5 Å². The molecule has 0 bridgehead atoms. The van der Waals surface area contributed by atoms with Crippen molar-refractivity contribution in [2.75, 3.05) is 11.5 Å². The second kappa shape index (κ2) is 6.66. The molecule has 5 nitrogen and oxygen atoms in total. The van der Waals surface area contributed by atoms with E-state index in [1.165, 1.54) is 4.90 Å². The second-order valence-electron chi connectivity index (χ2n) is 5.57. The van der Waals surface area contributed by atoms with Crippen LogP contribution >= 0.6 is 0 Å². The molecule has 0 spiro atoms. The third-order valence-electron chi connectivity index (χ3n) is 3.82. The minimum Gasteiger partial charge on any atom is -0.462 e. The Kier molecular flexibility index (Phi) is 4.42. The highest BCUT2D eigenvalue weighted by molar-refractivity contribution is 6.52. The maximum atomic E-state index is 12.2. The van der Waals surface area contributed by atoms with Gasteiger partial charge >= 0.3 is 5.97 Å². The predicted molar refractivity (Wildman–Crippen MR) is 89.0 cm³/mol. The zero-order chi connectivity index (χ0) is 17.1. The van der Waals surface area contributed by atoms with Crippen LogP contribution in [0.5, 0.6) is 0 Å². The zero-order valence-electron chi connectivity index (χ0n) is 13.3. The van der Waals surface area contributed by atoms with Crippen molar-refractivity contribution in [3.05, 3.63) is 65.2 Å². The average Bonchev–Trinajstić information content (AvgIpc) is 2.85. The number of fused-ring (bicyclic) bond motifs is 1. The summed E-state index contributed by atoms with van der Waals surface area (Å²) in [5, 5.41) is 0. The van der Waals surface area contributed by atoms with Crippen LogP contribution in [0.2, 0.25) is 0 Å². The number of carbonyl (C=O) groups excluding carboxylic acids is 3. The molecule has 0 N–H and O–H groups in total. The molecule has 0 unspecified atom stereocenters. The minimum absolute atomic E-state index is 0.233. The molecule has 0 atom stereocenters. The Hall–Kier alpha value is -2.95. The summed E-state index contributed by atoms with van der Waals surface area (Å²) >= 11 is 0. The summed E-state index contributed by atoms with van der Waals surface area (Å²) < 4.78 is 5.12. The average molecular weight is 323 g/mol. The van der Waals surface area contributed by atoms with Crippen LogP contribution in [0.3, 0.4) is 0 Å². The van der Waals surface area contributed by atoms with E-state index in [-0.39, 0.29) is 12.5 Å². The van der Waals surface area contributed by atoms with Crippen molar-refractivity contribution in [3.63, 3.8) is 0 Å².